The minimum Gasteiger partial charge on any atom is -0.511 e. The topological polar surface area (TPSA) is 53.1 Å². The van der Waals surface area contributed by atoms with Gasteiger partial charge < -0.3 is 10.1 Å². The number of H-pyrrole nitrogens is 1. The highest BCUT2D eigenvalue weighted by atomic mass is 16.3. The molecule has 1 aliphatic rings. The van der Waals surface area contributed by atoms with Crippen LogP contribution in [0.5, 0.6) is 0 Å². The predicted molar refractivity (Wildman–Crippen MR) is 40.0 cm³/mol. The van der Waals surface area contributed by atoms with Gasteiger partial charge in [0.2, 0.25) is 0 Å². The third kappa shape index (κ3) is 0.774. The summed E-state index contributed by atoms with van der Waals surface area (Å²) in [6, 6.07) is 1.77. The molecule has 0 unspecified atom stereocenters. The van der Waals surface area contributed by atoms with Crippen molar-refractivity contribution in [1.29, 1.82) is 0 Å². The number of allylic oxidation sites excluding steroid dienone is 2. The quantitative estimate of drug-likeness (QED) is 0.631. The zero-order valence-electron chi connectivity index (χ0n) is 5.79. The van der Waals surface area contributed by atoms with E-state index in [1.54, 1.807) is 18.5 Å². The number of nitrogens with one attached hydrogen (secondary N) is 1. The average molecular weight is 149 g/mol. The smallest absolute Gasteiger partial charge is 0.174 e. The average Bonchev–Trinajstić information content (AvgIpc) is 2.39. The number of carbonyl (C=O) groups excluding carboxylic acids is 1. The Hall–Kier alpha value is -1.51. The molecule has 1 aliphatic carbocycles. The van der Waals surface area contributed by atoms with Crippen molar-refractivity contribution in [3.8, 4) is 0 Å². The van der Waals surface area contributed by atoms with Crippen LogP contribution in [-0.4, -0.2) is 15.9 Å². The van der Waals surface area contributed by atoms with Gasteiger partial charge in [-0.15, -0.1) is 0 Å². The van der Waals surface area contributed by atoms with E-state index in [0.29, 0.717) is 5.57 Å². The molecule has 3 nitrogen and oxygen atoms in total. The van der Waals surface area contributed by atoms with E-state index in [1.165, 1.54) is 0 Å². The highest BCUT2D eigenvalue weighted by molar-refractivity contribution is 6.28. The molecule has 0 saturated carbocycles. The lowest BCUT2D eigenvalue weighted by Gasteiger charge is -2.15. The fourth-order valence-corrected chi connectivity index (χ4v) is 1.19. The summed E-state index contributed by atoms with van der Waals surface area (Å²) >= 11 is 0. The maximum Gasteiger partial charge on any atom is 0.174 e. The fraction of sp³-hybridized carbons (Fsp3) is 0.125. The first-order valence-electron chi connectivity index (χ1n) is 3.37. The summed E-state index contributed by atoms with van der Waals surface area (Å²) in [6.07, 6.45) is 3.62. The lowest BCUT2D eigenvalue weighted by molar-refractivity contribution is -0.115. The maximum atomic E-state index is 10.9. The first-order valence-corrected chi connectivity index (χ1v) is 3.37. The third-order valence-electron chi connectivity index (χ3n) is 1.78. The Balaban J connectivity index is 2.45. The molecule has 0 aromatic carbocycles. The molecule has 0 saturated heterocycles. The number of Topliss-reactive ketones (excluding diaryl/α,β-unsaturated/α-hetero) is 1. The molecule has 11 heavy (non-hydrogen) atoms. The molecule has 2 rings (SSSR count). The molecule has 0 bridgehead atoms. The van der Waals surface area contributed by atoms with Gasteiger partial charge in [-0.3, -0.25) is 4.79 Å². The summed E-state index contributed by atoms with van der Waals surface area (Å²) in [5.74, 6) is 0.219. The first-order chi connectivity index (χ1) is 5.29. The molecule has 2 N–H and O–H groups in total. The number of ketones is 1. The monoisotopic (exact) mass is 149 g/mol. The molecule has 0 spiro atoms. The molecule has 56 valence electrons. The van der Waals surface area contributed by atoms with Crippen LogP contribution in [-0.2, 0) is 4.79 Å². The van der Waals surface area contributed by atoms with Gasteiger partial charge in [0, 0.05) is 18.0 Å². The number of carbonyl (C=O) groups is 1. The minimum atomic E-state index is 0.0158. The number of rotatable bonds is 1. The Labute approximate surface area is 63.4 Å². The van der Waals surface area contributed by atoms with Crippen molar-refractivity contribution in [1.82, 2.24) is 4.98 Å². The van der Waals surface area contributed by atoms with Crippen LogP contribution in [0, 0.1) is 0 Å². The van der Waals surface area contributed by atoms with Crippen molar-refractivity contribution in [2.75, 3.05) is 0 Å². The third-order valence-corrected chi connectivity index (χ3v) is 1.78. The summed E-state index contributed by atoms with van der Waals surface area (Å²) in [6.45, 7) is 0. The number of hydrogen-bond donors (Lipinski definition) is 2. The van der Waals surface area contributed by atoms with Crippen LogP contribution < -0.4 is 0 Å². The van der Waals surface area contributed by atoms with E-state index >= 15 is 0 Å². The Morgan fingerprint density at radius 1 is 1.55 bits per heavy atom. The van der Waals surface area contributed by atoms with E-state index in [0.717, 1.165) is 5.56 Å². The van der Waals surface area contributed by atoms with Gasteiger partial charge in [-0.1, -0.05) is 0 Å². The van der Waals surface area contributed by atoms with Crippen LogP contribution in [0.1, 0.15) is 12.0 Å². The summed E-state index contributed by atoms with van der Waals surface area (Å²) in [7, 11) is 0. The normalized spacial score (nSPS) is 16.9. The molecular weight excluding hydrogens is 142 g/mol. The molecule has 3 heteroatoms. The fourth-order valence-electron chi connectivity index (χ4n) is 1.19. The largest absolute Gasteiger partial charge is 0.511 e. The number of aromatic amines is 1. The number of aliphatic hydroxyl groups is 1. The number of hydrogen-bond acceptors (Lipinski definition) is 2. The second-order valence-corrected chi connectivity index (χ2v) is 2.52. The van der Waals surface area contributed by atoms with Crippen LogP contribution in [0.15, 0.2) is 24.2 Å². The van der Waals surface area contributed by atoms with Gasteiger partial charge in [-0.25, -0.2) is 0 Å². The summed E-state index contributed by atoms with van der Waals surface area (Å²) < 4.78 is 0. The van der Waals surface area contributed by atoms with E-state index in [2.05, 4.69) is 4.98 Å². The number of aliphatic hydroxyl groups excluding tert-OH is 1. The molecule has 1 aromatic heterocycles. The predicted octanol–water partition coefficient (Wildman–Crippen LogP) is 1.26. The van der Waals surface area contributed by atoms with E-state index in [-0.39, 0.29) is 18.0 Å². The van der Waals surface area contributed by atoms with Crippen LogP contribution in [0.3, 0.4) is 0 Å². The van der Waals surface area contributed by atoms with Crippen LogP contribution in [0.25, 0.3) is 5.57 Å². The highest BCUT2D eigenvalue weighted by Gasteiger charge is 2.27. The van der Waals surface area contributed by atoms with Gasteiger partial charge in [0.1, 0.15) is 5.76 Å². The molecule has 0 amide bonds. The molecule has 0 aliphatic heterocycles. The van der Waals surface area contributed by atoms with Crippen LogP contribution >= 0.6 is 0 Å². The Kier molecular flexibility index (Phi) is 1.12. The molecule has 1 aromatic rings. The van der Waals surface area contributed by atoms with E-state index in [9.17, 15) is 4.79 Å². The zero-order chi connectivity index (χ0) is 7.84. The van der Waals surface area contributed by atoms with Crippen molar-refractivity contribution >= 4 is 11.4 Å². The summed E-state index contributed by atoms with van der Waals surface area (Å²) in [5.41, 5.74) is 1.24. The van der Waals surface area contributed by atoms with E-state index in [4.69, 9.17) is 5.11 Å². The Bertz CT molecular complexity index is 322. The highest BCUT2D eigenvalue weighted by Crippen LogP contribution is 2.30. The van der Waals surface area contributed by atoms with Gasteiger partial charge in [-0.2, -0.15) is 0 Å². The molecule has 0 fully saturated rings. The second-order valence-electron chi connectivity index (χ2n) is 2.52. The van der Waals surface area contributed by atoms with Gasteiger partial charge in [0.05, 0.1) is 12.0 Å². The number of aromatic nitrogens is 1. The van der Waals surface area contributed by atoms with Gasteiger partial charge >= 0.3 is 0 Å². The Morgan fingerprint density at radius 3 is 2.82 bits per heavy atom. The van der Waals surface area contributed by atoms with Crippen molar-refractivity contribution < 1.29 is 9.90 Å². The standard InChI is InChI=1S/C8H7NO2/c10-6-3-7(11)8(6)5-1-2-9-4-5/h1-2,4,9-10H,3H2. The van der Waals surface area contributed by atoms with Crippen LogP contribution in [0.4, 0.5) is 0 Å². The molecule has 0 radical (unpaired) electrons. The molecule has 0 atom stereocenters. The van der Waals surface area contributed by atoms with Gasteiger partial charge in [0.15, 0.2) is 5.78 Å². The maximum absolute atomic E-state index is 10.9. The lowest BCUT2D eigenvalue weighted by atomic mass is 9.90. The Morgan fingerprint density at radius 2 is 2.36 bits per heavy atom. The van der Waals surface area contributed by atoms with E-state index in [1.807, 2.05) is 0 Å². The summed E-state index contributed by atoms with van der Waals surface area (Å²) in [4.78, 5) is 13.7. The van der Waals surface area contributed by atoms with Crippen LogP contribution in [0.2, 0.25) is 0 Å². The van der Waals surface area contributed by atoms with Crippen molar-refractivity contribution in [3.63, 3.8) is 0 Å². The van der Waals surface area contributed by atoms with E-state index < -0.39 is 0 Å². The zero-order valence-corrected chi connectivity index (χ0v) is 5.79. The molecular formula is C8H7NO2. The molecule has 1 heterocycles. The lowest BCUT2D eigenvalue weighted by Crippen LogP contribution is -2.15. The van der Waals surface area contributed by atoms with Gasteiger partial charge in [0.25, 0.3) is 0 Å². The van der Waals surface area contributed by atoms with Gasteiger partial charge in [-0.05, 0) is 6.07 Å². The first kappa shape index (κ1) is 6.22. The van der Waals surface area contributed by atoms with Crippen molar-refractivity contribution in [2.45, 2.75) is 6.42 Å². The SMILES string of the molecule is O=C1CC(O)=C1c1cc[nH]c1. The minimum absolute atomic E-state index is 0.0158. The summed E-state index contributed by atoms with van der Waals surface area (Å²) in [5, 5.41) is 9.09. The van der Waals surface area contributed by atoms with Crippen molar-refractivity contribution in [2.24, 2.45) is 0 Å². The second kappa shape index (κ2) is 1.99. The van der Waals surface area contributed by atoms with Crippen molar-refractivity contribution in [3.05, 3.63) is 29.8 Å².